The fourth-order valence-corrected chi connectivity index (χ4v) is 2.36. The standard InChI is InChI=1S/C17H24N4/c1-6-18-10-15-11-19-17(20-14(15)4)21(5)16-8-7-12(2)9-13(16)3/h7-9,11,18H,6,10H2,1-5H3. The summed E-state index contributed by atoms with van der Waals surface area (Å²) in [7, 11) is 2.01. The van der Waals surface area contributed by atoms with Crippen molar-refractivity contribution in [2.24, 2.45) is 0 Å². The Hall–Kier alpha value is -1.94. The summed E-state index contributed by atoms with van der Waals surface area (Å²) < 4.78 is 0. The van der Waals surface area contributed by atoms with Gasteiger partial charge < -0.3 is 10.2 Å². The molecule has 0 radical (unpaired) electrons. The SMILES string of the molecule is CCNCc1cnc(N(C)c2ccc(C)cc2C)nc1C. The topological polar surface area (TPSA) is 41.1 Å². The van der Waals surface area contributed by atoms with Crippen molar-refractivity contribution in [1.29, 1.82) is 0 Å². The molecule has 0 spiro atoms. The number of hydrogen-bond acceptors (Lipinski definition) is 4. The summed E-state index contributed by atoms with van der Waals surface area (Å²) in [5.74, 6) is 0.736. The van der Waals surface area contributed by atoms with E-state index in [0.29, 0.717) is 0 Å². The first-order valence-electron chi connectivity index (χ1n) is 7.37. The van der Waals surface area contributed by atoms with Gasteiger partial charge in [0.25, 0.3) is 0 Å². The van der Waals surface area contributed by atoms with Crippen LogP contribution in [-0.2, 0) is 6.54 Å². The number of rotatable bonds is 5. The maximum Gasteiger partial charge on any atom is 0.229 e. The molecule has 0 amide bonds. The van der Waals surface area contributed by atoms with Crippen LogP contribution in [0.2, 0.25) is 0 Å². The number of aromatic nitrogens is 2. The summed E-state index contributed by atoms with van der Waals surface area (Å²) >= 11 is 0. The van der Waals surface area contributed by atoms with Crippen LogP contribution in [0.25, 0.3) is 0 Å². The number of nitrogens with zero attached hydrogens (tertiary/aromatic N) is 3. The normalized spacial score (nSPS) is 10.7. The molecule has 1 aromatic heterocycles. The van der Waals surface area contributed by atoms with Gasteiger partial charge in [-0.1, -0.05) is 24.6 Å². The second-order valence-corrected chi connectivity index (χ2v) is 5.41. The summed E-state index contributed by atoms with van der Waals surface area (Å²) in [5.41, 5.74) is 5.81. The van der Waals surface area contributed by atoms with E-state index < -0.39 is 0 Å². The van der Waals surface area contributed by atoms with Crippen LogP contribution in [0.5, 0.6) is 0 Å². The smallest absolute Gasteiger partial charge is 0.229 e. The minimum absolute atomic E-state index is 0.736. The largest absolute Gasteiger partial charge is 0.313 e. The highest BCUT2D eigenvalue weighted by Crippen LogP contribution is 2.25. The van der Waals surface area contributed by atoms with Crippen molar-refractivity contribution in [3.63, 3.8) is 0 Å². The molecule has 4 nitrogen and oxygen atoms in total. The summed E-state index contributed by atoms with van der Waals surface area (Å²) in [6.07, 6.45) is 1.92. The molecule has 0 saturated carbocycles. The van der Waals surface area contributed by atoms with Crippen molar-refractivity contribution in [2.75, 3.05) is 18.5 Å². The van der Waals surface area contributed by atoms with Gasteiger partial charge in [-0.25, -0.2) is 9.97 Å². The third-order valence-corrected chi connectivity index (χ3v) is 3.65. The maximum atomic E-state index is 4.64. The molecule has 112 valence electrons. The summed E-state index contributed by atoms with van der Waals surface area (Å²) in [6, 6.07) is 6.42. The van der Waals surface area contributed by atoms with Gasteiger partial charge in [0.15, 0.2) is 0 Å². The molecule has 0 aliphatic carbocycles. The van der Waals surface area contributed by atoms with E-state index in [1.165, 1.54) is 11.1 Å². The van der Waals surface area contributed by atoms with E-state index in [1.54, 1.807) is 0 Å². The van der Waals surface area contributed by atoms with Crippen molar-refractivity contribution in [1.82, 2.24) is 15.3 Å². The second-order valence-electron chi connectivity index (χ2n) is 5.41. The fourth-order valence-electron chi connectivity index (χ4n) is 2.36. The highest BCUT2D eigenvalue weighted by molar-refractivity contribution is 5.61. The molecule has 1 aromatic carbocycles. The molecule has 0 aliphatic heterocycles. The van der Waals surface area contributed by atoms with E-state index in [-0.39, 0.29) is 0 Å². The molecule has 1 N–H and O–H groups in total. The van der Waals surface area contributed by atoms with Gasteiger partial charge >= 0.3 is 0 Å². The summed E-state index contributed by atoms with van der Waals surface area (Å²) in [6.45, 7) is 10.1. The highest BCUT2D eigenvalue weighted by atomic mass is 15.2. The van der Waals surface area contributed by atoms with Crippen LogP contribution >= 0.6 is 0 Å². The van der Waals surface area contributed by atoms with Gasteiger partial charge in [-0.05, 0) is 38.9 Å². The van der Waals surface area contributed by atoms with E-state index in [0.717, 1.165) is 36.0 Å². The third kappa shape index (κ3) is 3.58. The first kappa shape index (κ1) is 15.4. The van der Waals surface area contributed by atoms with Gasteiger partial charge in [-0.2, -0.15) is 0 Å². The number of aryl methyl sites for hydroxylation is 3. The van der Waals surface area contributed by atoms with Crippen molar-refractivity contribution < 1.29 is 0 Å². The first-order valence-corrected chi connectivity index (χ1v) is 7.37. The monoisotopic (exact) mass is 284 g/mol. The molecule has 0 fully saturated rings. The quantitative estimate of drug-likeness (QED) is 0.915. The van der Waals surface area contributed by atoms with Crippen LogP contribution in [0, 0.1) is 20.8 Å². The van der Waals surface area contributed by atoms with Gasteiger partial charge in [0.2, 0.25) is 5.95 Å². The molecule has 1 heterocycles. The van der Waals surface area contributed by atoms with Gasteiger partial charge in [0.1, 0.15) is 0 Å². The lowest BCUT2D eigenvalue weighted by Crippen LogP contribution is -2.17. The van der Waals surface area contributed by atoms with Gasteiger partial charge in [-0.3, -0.25) is 0 Å². The Morgan fingerprint density at radius 1 is 1.19 bits per heavy atom. The van der Waals surface area contributed by atoms with Crippen molar-refractivity contribution >= 4 is 11.6 Å². The van der Waals surface area contributed by atoms with Crippen molar-refractivity contribution in [3.8, 4) is 0 Å². The predicted octanol–water partition coefficient (Wildman–Crippen LogP) is 3.28. The molecule has 0 bridgehead atoms. The lowest BCUT2D eigenvalue weighted by molar-refractivity contribution is 0.715. The van der Waals surface area contributed by atoms with E-state index >= 15 is 0 Å². The Labute approximate surface area is 127 Å². The molecular formula is C17H24N4. The van der Waals surface area contributed by atoms with Gasteiger partial charge in [0.05, 0.1) is 0 Å². The third-order valence-electron chi connectivity index (χ3n) is 3.65. The van der Waals surface area contributed by atoms with Crippen LogP contribution < -0.4 is 10.2 Å². The average Bonchev–Trinajstić information content (AvgIpc) is 2.45. The molecular weight excluding hydrogens is 260 g/mol. The zero-order chi connectivity index (χ0) is 15.4. The molecule has 2 aromatic rings. The van der Waals surface area contributed by atoms with E-state index in [1.807, 2.05) is 25.1 Å². The Morgan fingerprint density at radius 2 is 1.95 bits per heavy atom. The van der Waals surface area contributed by atoms with Crippen LogP contribution in [-0.4, -0.2) is 23.6 Å². The van der Waals surface area contributed by atoms with E-state index in [9.17, 15) is 0 Å². The molecule has 0 unspecified atom stereocenters. The van der Waals surface area contributed by atoms with Crippen molar-refractivity contribution in [3.05, 3.63) is 46.8 Å². The lowest BCUT2D eigenvalue weighted by atomic mass is 10.1. The second kappa shape index (κ2) is 6.68. The van der Waals surface area contributed by atoms with Gasteiger partial charge in [-0.15, -0.1) is 0 Å². The highest BCUT2D eigenvalue weighted by Gasteiger charge is 2.11. The molecule has 0 aliphatic rings. The Kier molecular flexibility index (Phi) is 4.91. The first-order chi connectivity index (χ1) is 10.0. The Balaban J connectivity index is 2.27. The average molecular weight is 284 g/mol. The zero-order valence-electron chi connectivity index (χ0n) is 13.6. The van der Waals surface area contributed by atoms with Crippen LogP contribution in [0.1, 0.15) is 29.3 Å². The Bertz CT molecular complexity index is 622. The number of benzene rings is 1. The maximum absolute atomic E-state index is 4.64. The number of hydrogen-bond donors (Lipinski definition) is 1. The number of nitrogens with one attached hydrogen (secondary N) is 1. The van der Waals surface area contributed by atoms with E-state index in [2.05, 4.69) is 54.3 Å². The predicted molar refractivity (Wildman–Crippen MR) is 88.1 cm³/mol. The van der Waals surface area contributed by atoms with E-state index in [4.69, 9.17) is 0 Å². The van der Waals surface area contributed by atoms with Crippen molar-refractivity contribution in [2.45, 2.75) is 34.2 Å². The van der Waals surface area contributed by atoms with Crippen LogP contribution in [0.3, 0.4) is 0 Å². The lowest BCUT2D eigenvalue weighted by Gasteiger charge is -2.20. The van der Waals surface area contributed by atoms with Gasteiger partial charge in [0, 0.05) is 36.7 Å². The van der Waals surface area contributed by atoms with Crippen LogP contribution in [0.15, 0.2) is 24.4 Å². The summed E-state index contributed by atoms with van der Waals surface area (Å²) in [4.78, 5) is 11.2. The molecule has 0 atom stereocenters. The summed E-state index contributed by atoms with van der Waals surface area (Å²) in [5, 5.41) is 3.31. The Morgan fingerprint density at radius 3 is 2.57 bits per heavy atom. The minimum Gasteiger partial charge on any atom is -0.313 e. The zero-order valence-corrected chi connectivity index (χ0v) is 13.6. The fraction of sp³-hybridized carbons (Fsp3) is 0.412. The number of anilines is 2. The molecule has 4 heteroatoms. The van der Waals surface area contributed by atoms with Crippen LogP contribution in [0.4, 0.5) is 11.6 Å². The molecule has 2 rings (SSSR count). The minimum atomic E-state index is 0.736. The molecule has 21 heavy (non-hydrogen) atoms. The molecule has 0 saturated heterocycles.